The highest BCUT2D eigenvalue weighted by Crippen LogP contribution is 2.31. The van der Waals surface area contributed by atoms with E-state index in [4.69, 9.17) is 4.74 Å². The third kappa shape index (κ3) is 3.06. The minimum absolute atomic E-state index is 0.0836. The van der Waals surface area contributed by atoms with Crippen LogP contribution in [0, 0.1) is 0 Å². The van der Waals surface area contributed by atoms with Gasteiger partial charge in [0.2, 0.25) is 0 Å². The second-order valence-electron chi connectivity index (χ2n) is 4.55. The van der Waals surface area contributed by atoms with Crippen LogP contribution in [0.5, 0.6) is 5.75 Å². The molecule has 1 aromatic carbocycles. The van der Waals surface area contributed by atoms with Gasteiger partial charge in [-0.2, -0.15) is 0 Å². The third-order valence-corrected chi connectivity index (χ3v) is 5.94. The Morgan fingerprint density at radius 2 is 2.11 bits per heavy atom. The molecule has 0 spiro atoms. The summed E-state index contributed by atoms with van der Waals surface area (Å²) >= 11 is 3.37. The predicted octanol–water partition coefficient (Wildman–Crippen LogP) is 3.32. The van der Waals surface area contributed by atoms with Gasteiger partial charge in [0.15, 0.2) is 9.84 Å². The van der Waals surface area contributed by atoms with Crippen LogP contribution in [-0.4, -0.2) is 20.3 Å². The maximum absolute atomic E-state index is 12.2. The lowest BCUT2D eigenvalue weighted by molar-refractivity contribution is 0.337. The Morgan fingerprint density at radius 3 is 2.67 bits per heavy atom. The second kappa shape index (κ2) is 5.61. The molecule has 100 valence electrons. The summed E-state index contributed by atoms with van der Waals surface area (Å²) < 4.78 is 30.7. The van der Waals surface area contributed by atoms with Crippen LogP contribution in [0.3, 0.4) is 0 Å². The predicted molar refractivity (Wildman–Crippen MR) is 75.6 cm³/mol. The van der Waals surface area contributed by atoms with Gasteiger partial charge >= 0.3 is 0 Å². The molecule has 0 N–H and O–H groups in total. The summed E-state index contributed by atoms with van der Waals surface area (Å²) in [7, 11) is -3.03. The molecular weight excluding hydrogens is 316 g/mol. The molecule has 0 bridgehead atoms. The van der Waals surface area contributed by atoms with Gasteiger partial charge in [0.1, 0.15) is 5.75 Å². The zero-order chi connectivity index (χ0) is 13.2. The van der Waals surface area contributed by atoms with Crippen LogP contribution in [0.15, 0.2) is 22.7 Å². The summed E-state index contributed by atoms with van der Waals surface area (Å²) in [6.07, 6.45) is 2.65. The van der Waals surface area contributed by atoms with E-state index in [2.05, 4.69) is 15.9 Å². The Balaban J connectivity index is 2.22. The van der Waals surface area contributed by atoms with Crippen molar-refractivity contribution >= 4 is 25.8 Å². The standard InChI is InChI=1S/C13H17BrO3S/c1-2-17-13-8-11(14)7-6-10(13)9-18(15,16)12-4-3-5-12/h6-8,12H,2-5,9H2,1H3. The van der Waals surface area contributed by atoms with Crippen molar-refractivity contribution in [3.05, 3.63) is 28.2 Å². The van der Waals surface area contributed by atoms with Crippen LogP contribution in [0.1, 0.15) is 31.7 Å². The minimum Gasteiger partial charge on any atom is -0.494 e. The highest BCUT2D eigenvalue weighted by molar-refractivity contribution is 9.10. The van der Waals surface area contributed by atoms with Crippen molar-refractivity contribution in [1.82, 2.24) is 0 Å². The number of ether oxygens (including phenoxy) is 1. The van der Waals surface area contributed by atoms with Crippen molar-refractivity contribution in [2.75, 3.05) is 6.61 Å². The zero-order valence-corrected chi connectivity index (χ0v) is 12.8. The van der Waals surface area contributed by atoms with Gasteiger partial charge in [-0.3, -0.25) is 0 Å². The SMILES string of the molecule is CCOc1cc(Br)ccc1CS(=O)(=O)C1CCC1. The van der Waals surface area contributed by atoms with E-state index in [0.29, 0.717) is 12.4 Å². The van der Waals surface area contributed by atoms with Gasteiger partial charge in [-0.05, 0) is 31.9 Å². The van der Waals surface area contributed by atoms with Crippen molar-refractivity contribution in [2.24, 2.45) is 0 Å². The van der Waals surface area contributed by atoms with Crippen LogP contribution < -0.4 is 4.74 Å². The van der Waals surface area contributed by atoms with E-state index in [1.165, 1.54) is 0 Å². The van der Waals surface area contributed by atoms with Gasteiger partial charge in [0.05, 0.1) is 17.6 Å². The average molecular weight is 333 g/mol. The Kier molecular flexibility index (Phi) is 4.33. The normalized spacial score (nSPS) is 16.3. The Bertz CT molecular complexity index is 521. The number of rotatable bonds is 5. The van der Waals surface area contributed by atoms with Gasteiger partial charge in [0.25, 0.3) is 0 Å². The molecule has 5 heteroatoms. The van der Waals surface area contributed by atoms with Crippen LogP contribution >= 0.6 is 15.9 Å². The van der Waals surface area contributed by atoms with E-state index in [-0.39, 0.29) is 11.0 Å². The first-order valence-corrected chi connectivity index (χ1v) is 8.66. The fourth-order valence-electron chi connectivity index (χ4n) is 2.00. The summed E-state index contributed by atoms with van der Waals surface area (Å²) in [6.45, 7) is 2.43. The molecule has 2 rings (SSSR count). The van der Waals surface area contributed by atoms with Crippen molar-refractivity contribution in [3.8, 4) is 5.75 Å². The molecule has 0 amide bonds. The molecule has 0 atom stereocenters. The fraction of sp³-hybridized carbons (Fsp3) is 0.538. The fourth-order valence-corrected chi connectivity index (χ4v) is 4.30. The van der Waals surface area contributed by atoms with Gasteiger partial charge in [-0.25, -0.2) is 8.42 Å². The van der Waals surface area contributed by atoms with Gasteiger partial charge < -0.3 is 4.74 Å². The first-order valence-electron chi connectivity index (χ1n) is 6.15. The van der Waals surface area contributed by atoms with E-state index in [1.807, 2.05) is 25.1 Å². The molecule has 3 nitrogen and oxygen atoms in total. The van der Waals surface area contributed by atoms with E-state index < -0.39 is 9.84 Å². The first kappa shape index (κ1) is 13.9. The number of hydrogen-bond donors (Lipinski definition) is 0. The monoisotopic (exact) mass is 332 g/mol. The Labute approximate surface area is 117 Å². The van der Waals surface area contributed by atoms with Crippen molar-refractivity contribution in [3.63, 3.8) is 0 Å². The number of sulfone groups is 1. The minimum atomic E-state index is -3.03. The van der Waals surface area contributed by atoms with Crippen LogP contribution in [-0.2, 0) is 15.6 Å². The molecule has 1 aromatic rings. The molecule has 1 aliphatic rings. The van der Waals surface area contributed by atoms with E-state index >= 15 is 0 Å². The average Bonchev–Trinajstić information content (AvgIpc) is 2.19. The molecule has 0 aromatic heterocycles. The first-order chi connectivity index (χ1) is 8.53. The quantitative estimate of drug-likeness (QED) is 0.830. The Hall–Kier alpha value is -0.550. The summed E-state index contributed by atoms with van der Waals surface area (Å²) in [5, 5.41) is -0.143. The van der Waals surface area contributed by atoms with E-state index in [9.17, 15) is 8.42 Å². The Morgan fingerprint density at radius 1 is 1.39 bits per heavy atom. The molecule has 18 heavy (non-hydrogen) atoms. The molecule has 0 aliphatic heterocycles. The topological polar surface area (TPSA) is 43.4 Å². The maximum atomic E-state index is 12.2. The molecule has 1 fully saturated rings. The molecule has 0 saturated heterocycles. The lowest BCUT2D eigenvalue weighted by Gasteiger charge is -2.25. The summed E-state index contributed by atoms with van der Waals surface area (Å²) in [5.74, 6) is 0.745. The smallest absolute Gasteiger partial charge is 0.157 e. The van der Waals surface area contributed by atoms with Crippen LogP contribution in [0.2, 0.25) is 0 Å². The molecule has 1 aliphatic carbocycles. The van der Waals surface area contributed by atoms with Crippen LogP contribution in [0.25, 0.3) is 0 Å². The lowest BCUT2D eigenvalue weighted by Crippen LogP contribution is -2.29. The largest absolute Gasteiger partial charge is 0.494 e. The van der Waals surface area contributed by atoms with Crippen LogP contribution in [0.4, 0.5) is 0 Å². The maximum Gasteiger partial charge on any atom is 0.157 e. The summed E-state index contributed by atoms with van der Waals surface area (Å²) in [4.78, 5) is 0. The van der Waals surface area contributed by atoms with Crippen molar-refractivity contribution in [2.45, 2.75) is 37.2 Å². The van der Waals surface area contributed by atoms with Gasteiger partial charge in [-0.15, -0.1) is 0 Å². The zero-order valence-electron chi connectivity index (χ0n) is 10.4. The van der Waals surface area contributed by atoms with Gasteiger partial charge in [0, 0.05) is 10.0 Å². The molecule has 0 unspecified atom stereocenters. The van der Waals surface area contributed by atoms with E-state index in [1.54, 1.807) is 0 Å². The number of benzene rings is 1. The van der Waals surface area contributed by atoms with Gasteiger partial charge in [-0.1, -0.05) is 28.4 Å². The van der Waals surface area contributed by atoms with Crippen molar-refractivity contribution in [1.29, 1.82) is 0 Å². The van der Waals surface area contributed by atoms with E-state index in [0.717, 1.165) is 29.3 Å². The molecule has 0 radical (unpaired) electrons. The highest BCUT2D eigenvalue weighted by atomic mass is 79.9. The number of halogens is 1. The highest BCUT2D eigenvalue weighted by Gasteiger charge is 2.31. The number of hydrogen-bond acceptors (Lipinski definition) is 3. The third-order valence-electron chi connectivity index (χ3n) is 3.25. The summed E-state index contributed by atoms with van der Waals surface area (Å²) in [5.41, 5.74) is 0.756. The lowest BCUT2D eigenvalue weighted by atomic mass is 10.00. The summed E-state index contributed by atoms with van der Waals surface area (Å²) in [6, 6.07) is 5.51. The molecule has 0 heterocycles. The van der Waals surface area contributed by atoms with Crippen molar-refractivity contribution < 1.29 is 13.2 Å². The molecule has 1 saturated carbocycles. The second-order valence-corrected chi connectivity index (χ2v) is 7.74. The molecular formula is C13H17BrO3S.